The number of cyclic esters (lactones) is 1. The fourth-order valence-corrected chi connectivity index (χ4v) is 11.5. The van der Waals surface area contributed by atoms with E-state index < -0.39 is 47.2 Å². The minimum absolute atomic E-state index is 0.00435. The number of allylic oxidation sites excluding steroid dienone is 6. The van der Waals surface area contributed by atoms with E-state index in [4.69, 9.17) is 23.7 Å². The molecule has 15 atom stereocenters. The van der Waals surface area contributed by atoms with Crippen LogP contribution >= 0.6 is 0 Å². The molecule has 0 spiro atoms. The summed E-state index contributed by atoms with van der Waals surface area (Å²) in [6.07, 6.45) is 19.6. The molecule has 1 amide bonds. The van der Waals surface area contributed by atoms with Crippen LogP contribution in [0.5, 0.6) is 0 Å². The molecule has 12 nitrogen and oxygen atoms in total. The van der Waals surface area contributed by atoms with Gasteiger partial charge in [0.25, 0.3) is 11.7 Å². The summed E-state index contributed by atoms with van der Waals surface area (Å²) >= 11 is 0. The number of hydrogen-bond acceptors (Lipinski definition) is 11. The van der Waals surface area contributed by atoms with E-state index >= 15 is 0 Å². The van der Waals surface area contributed by atoms with Gasteiger partial charge in [0.2, 0.25) is 0 Å². The number of rotatable bonds is 9. The van der Waals surface area contributed by atoms with Crippen LogP contribution in [-0.2, 0) is 42.9 Å². The quantitative estimate of drug-likeness (QED) is 0.129. The minimum atomic E-state index is -1.89. The maximum absolute atomic E-state index is 14.5. The molecular weight excluding hydrogens is 851 g/mol. The topological polar surface area (TPSA) is 158 Å². The zero-order valence-corrected chi connectivity index (χ0v) is 43.1. The molecule has 0 aromatic rings. The van der Waals surface area contributed by atoms with Crippen LogP contribution in [0.1, 0.15) is 145 Å². The molecule has 2 saturated carbocycles. The van der Waals surface area contributed by atoms with Crippen molar-refractivity contribution in [3.63, 3.8) is 0 Å². The number of aliphatic hydroxyl groups excluding tert-OH is 1. The molecule has 1 unspecified atom stereocenters. The Labute approximate surface area is 403 Å². The van der Waals surface area contributed by atoms with Gasteiger partial charge in [0.1, 0.15) is 23.5 Å². The maximum atomic E-state index is 14.5. The van der Waals surface area contributed by atoms with Crippen molar-refractivity contribution >= 4 is 23.4 Å². The second-order valence-corrected chi connectivity index (χ2v) is 21.2. The van der Waals surface area contributed by atoms with Crippen LogP contribution in [0.4, 0.5) is 0 Å². The van der Waals surface area contributed by atoms with E-state index in [1.807, 2.05) is 52.0 Å². The van der Waals surface area contributed by atoms with Gasteiger partial charge in [-0.1, -0.05) is 83.6 Å². The molecule has 67 heavy (non-hydrogen) atoms. The van der Waals surface area contributed by atoms with E-state index in [1.54, 1.807) is 21.3 Å². The standard InChI is InChI=1S/C55H89NO11/c1-35-17-13-12-14-18-37(3)48(63-9)32-44-21-20-41(7)55(62,34-44)52(59)53(60)56-24-16-15-19-45(56)54(61)67-49(40(6)30-43-22-23-47(66-26-25-57)51(31-43)65-11)33-46(58)39(5)29-38(4)42(8)50(64-10)28-36(2)27-35/h12-14,17-18,29,35-36,39-45,47-51,57,62H,15-16,19-28,30-34H2,1-11H3/b14-12+,17-13+,37-18+,38-29+/t35-,36-,39-,40-,41-,42-,43+,44+,45+,47-,48+,49?,50+,51-,55+/m1/s1. The van der Waals surface area contributed by atoms with Crippen molar-refractivity contribution in [1.29, 1.82) is 0 Å². The minimum Gasteiger partial charge on any atom is -0.460 e. The molecule has 380 valence electrons. The van der Waals surface area contributed by atoms with Crippen LogP contribution in [0.2, 0.25) is 0 Å². The second-order valence-electron chi connectivity index (χ2n) is 21.2. The number of Topliss-reactive ketones (excluding diaryl/α,β-unsaturated/α-hetero) is 2. The summed E-state index contributed by atoms with van der Waals surface area (Å²) in [5, 5.41) is 21.6. The van der Waals surface area contributed by atoms with Gasteiger partial charge < -0.3 is 38.8 Å². The first-order valence-electron chi connectivity index (χ1n) is 25.7. The van der Waals surface area contributed by atoms with E-state index in [1.165, 1.54) is 4.90 Å². The Morgan fingerprint density at radius 3 is 2.24 bits per heavy atom. The molecular formula is C55H89NO11. The molecule has 2 heterocycles. The van der Waals surface area contributed by atoms with Crippen LogP contribution in [0.15, 0.2) is 47.6 Å². The van der Waals surface area contributed by atoms with Gasteiger partial charge in [-0.25, -0.2) is 4.79 Å². The van der Waals surface area contributed by atoms with Crippen LogP contribution in [0, 0.1) is 47.3 Å². The fraction of sp³-hybridized carbons (Fsp3) is 0.782. The number of esters is 1. The molecule has 12 heteroatoms. The summed E-state index contributed by atoms with van der Waals surface area (Å²) in [5.41, 5.74) is 0.200. The molecule has 0 aromatic heterocycles. The number of aliphatic hydroxyl groups is 2. The van der Waals surface area contributed by atoms with Crippen LogP contribution < -0.4 is 0 Å². The summed E-state index contributed by atoms with van der Waals surface area (Å²) in [6, 6.07) is -1.02. The van der Waals surface area contributed by atoms with E-state index in [0.29, 0.717) is 50.4 Å². The highest BCUT2D eigenvalue weighted by atomic mass is 16.5. The first-order valence-corrected chi connectivity index (χ1v) is 25.7. The number of methoxy groups -OCH3 is 3. The third-order valence-electron chi connectivity index (χ3n) is 16.0. The van der Waals surface area contributed by atoms with Crippen LogP contribution in [0.3, 0.4) is 0 Å². The van der Waals surface area contributed by atoms with Crippen molar-refractivity contribution in [2.24, 2.45) is 47.3 Å². The summed E-state index contributed by atoms with van der Waals surface area (Å²) in [5.74, 6) is -2.58. The maximum Gasteiger partial charge on any atom is 0.329 e. The van der Waals surface area contributed by atoms with Gasteiger partial charge >= 0.3 is 5.97 Å². The molecule has 4 rings (SSSR count). The van der Waals surface area contributed by atoms with Gasteiger partial charge in [-0.05, 0) is 138 Å². The number of carbonyl (C=O) groups is 4. The molecule has 0 radical (unpaired) electrons. The lowest BCUT2D eigenvalue weighted by molar-refractivity contribution is -0.171. The monoisotopic (exact) mass is 940 g/mol. The van der Waals surface area contributed by atoms with Gasteiger partial charge in [-0.2, -0.15) is 0 Å². The number of piperidine rings is 1. The number of carbonyl (C=O) groups excluding carboxylic acids is 4. The Morgan fingerprint density at radius 1 is 0.821 bits per heavy atom. The number of nitrogens with zero attached hydrogens (tertiary/aromatic N) is 1. The molecule has 2 aliphatic heterocycles. The largest absolute Gasteiger partial charge is 0.460 e. The average Bonchev–Trinajstić information content (AvgIpc) is 3.31. The lowest BCUT2D eigenvalue weighted by atomic mass is 9.67. The smallest absolute Gasteiger partial charge is 0.329 e. The zero-order chi connectivity index (χ0) is 49.4. The van der Waals surface area contributed by atoms with Gasteiger partial charge in [-0.15, -0.1) is 0 Å². The van der Waals surface area contributed by atoms with Gasteiger partial charge in [0.05, 0.1) is 37.6 Å². The Kier molecular flexibility index (Phi) is 23.1. The van der Waals surface area contributed by atoms with Gasteiger partial charge in [0.15, 0.2) is 0 Å². The second kappa shape index (κ2) is 27.4. The number of amides is 1. The summed E-state index contributed by atoms with van der Waals surface area (Å²) in [4.78, 5) is 58.9. The van der Waals surface area contributed by atoms with E-state index in [2.05, 4.69) is 39.8 Å². The Balaban J connectivity index is 1.68. The first-order chi connectivity index (χ1) is 31.9. The van der Waals surface area contributed by atoms with Gasteiger partial charge in [0, 0.05) is 46.1 Å². The van der Waals surface area contributed by atoms with Crippen molar-refractivity contribution in [2.75, 3.05) is 41.1 Å². The summed E-state index contributed by atoms with van der Waals surface area (Å²) < 4.78 is 30.2. The number of hydrogen-bond donors (Lipinski definition) is 2. The van der Waals surface area contributed by atoms with E-state index in [0.717, 1.165) is 49.7 Å². The van der Waals surface area contributed by atoms with Crippen LogP contribution in [-0.4, -0.2) is 122 Å². The molecule has 2 bridgehead atoms. The fourth-order valence-electron chi connectivity index (χ4n) is 11.5. The molecule has 2 N–H and O–H groups in total. The van der Waals surface area contributed by atoms with Gasteiger partial charge in [-0.3, -0.25) is 14.4 Å². The average molecular weight is 940 g/mol. The number of ketones is 2. The number of ether oxygens (including phenoxy) is 5. The Bertz CT molecular complexity index is 1720. The highest BCUT2D eigenvalue weighted by molar-refractivity contribution is 6.39. The lowest BCUT2D eigenvalue weighted by Crippen LogP contribution is -2.59. The highest BCUT2D eigenvalue weighted by Crippen LogP contribution is 2.42. The Hall–Kier alpha value is -3.00. The lowest BCUT2D eigenvalue weighted by Gasteiger charge is -2.43. The normalized spacial score (nSPS) is 39.5. The number of fused-ring (bicyclic) bond motifs is 3. The predicted molar refractivity (Wildman–Crippen MR) is 262 cm³/mol. The van der Waals surface area contributed by atoms with Crippen molar-refractivity contribution in [1.82, 2.24) is 4.90 Å². The Morgan fingerprint density at radius 2 is 1.55 bits per heavy atom. The summed E-state index contributed by atoms with van der Waals surface area (Å²) in [7, 11) is 5.10. The third kappa shape index (κ3) is 16.0. The third-order valence-corrected chi connectivity index (χ3v) is 16.0. The molecule has 3 fully saturated rings. The van der Waals surface area contributed by atoms with Crippen molar-refractivity contribution in [2.45, 2.75) is 187 Å². The molecule has 1 saturated heterocycles. The predicted octanol–water partition coefficient (Wildman–Crippen LogP) is 8.96. The SMILES string of the molecule is CO[C@H]1C[C@@H]2CC[C@@H](C)[C@@](O)(C2)C(=O)C(=O)N2CCCC[C@H]2C(=O)OC([C@H](C)C[C@@H]2CC[C@@H](OCCO)[C@H](OC)C2)CC(=O)[C@H](C)/C=C(\C)[C@@H](C)[C@@H](OC)C[C@H](C)C[C@H](C)/C=C/C=C/C=C/1C. The first kappa shape index (κ1) is 56.6. The zero-order valence-electron chi connectivity index (χ0n) is 43.1. The van der Waals surface area contributed by atoms with Crippen LogP contribution in [0.25, 0.3) is 0 Å². The summed E-state index contributed by atoms with van der Waals surface area (Å²) in [6.45, 7) is 16.9. The molecule has 0 aromatic carbocycles. The van der Waals surface area contributed by atoms with E-state index in [9.17, 15) is 29.4 Å². The molecule has 4 aliphatic rings. The van der Waals surface area contributed by atoms with Crippen molar-refractivity contribution < 1.29 is 53.1 Å². The highest BCUT2D eigenvalue weighted by Gasteiger charge is 2.51. The van der Waals surface area contributed by atoms with E-state index in [-0.39, 0.29) is 86.5 Å². The van der Waals surface area contributed by atoms with Crippen molar-refractivity contribution in [3.8, 4) is 0 Å². The van der Waals surface area contributed by atoms with Crippen molar-refractivity contribution in [3.05, 3.63) is 47.6 Å². The molecule has 2 aliphatic carbocycles.